The molecule has 1 saturated heterocycles. The van der Waals surface area contributed by atoms with Crippen LogP contribution in [0, 0.1) is 0 Å². The maximum Gasteiger partial charge on any atom is 0.497 e. The van der Waals surface area contributed by atoms with Gasteiger partial charge in [-0.3, -0.25) is 0 Å². The van der Waals surface area contributed by atoms with E-state index in [1.807, 2.05) is 0 Å². The molecule has 5 aromatic carbocycles. The van der Waals surface area contributed by atoms with E-state index in [4.69, 9.17) is 9.31 Å². The number of benzene rings is 5. The van der Waals surface area contributed by atoms with Gasteiger partial charge in [-0.05, 0) is 61.6 Å². The topological polar surface area (TPSA) is 34.2 Å². The van der Waals surface area contributed by atoms with Crippen molar-refractivity contribution >= 4 is 34.4 Å². The number of hydrogen-bond donors (Lipinski definition) is 1. The molecule has 196 valence electrons. The third kappa shape index (κ3) is 3.90. The van der Waals surface area contributed by atoms with E-state index in [0.29, 0.717) is 0 Å². The average molecular weight is 521 g/mol. The van der Waals surface area contributed by atoms with Crippen LogP contribution in [-0.2, 0) is 9.31 Å². The van der Waals surface area contributed by atoms with Crippen LogP contribution in [0.5, 0.6) is 0 Å². The molecule has 0 unspecified atom stereocenters. The van der Waals surface area contributed by atoms with Crippen molar-refractivity contribution in [2.75, 3.05) is 0 Å². The van der Waals surface area contributed by atoms with Crippen LogP contribution in [0.3, 0.4) is 0 Å². The molecule has 4 heteroatoms. The fourth-order valence-corrected chi connectivity index (χ4v) is 5.89. The number of fused-ring (bicyclic) bond motifs is 3. The van der Waals surface area contributed by atoms with Crippen molar-refractivity contribution in [2.45, 2.75) is 38.9 Å². The first-order chi connectivity index (χ1) is 19.3. The zero-order chi connectivity index (χ0) is 27.5. The maximum absolute atomic E-state index is 6.51. The van der Waals surface area contributed by atoms with Gasteiger partial charge in [0.25, 0.3) is 0 Å². The summed E-state index contributed by atoms with van der Waals surface area (Å²) in [6.45, 7) is 8.41. The van der Waals surface area contributed by atoms with E-state index >= 15 is 0 Å². The lowest BCUT2D eigenvalue weighted by atomic mass is 9.78. The summed E-state index contributed by atoms with van der Waals surface area (Å²) in [5.41, 5.74) is 9.53. The van der Waals surface area contributed by atoms with Gasteiger partial charge in [0.1, 0.15) is 0 Å². The smallest absolute Gasteiger partial charge is 0.399 e. The van der Waals surface area contributed by atoms with Gasteiger partial charge in [0, 0.05) is 27.3 Å². The van der Waals surface area contributed by atoms with Gasteiger partial charge in [-0.1, -0.05) is 109 Å². The molecule has 0 atom stereocenters. The van der Waals surface area contributed by atoms with Crippen LogP contribution in [0.1, 0.15) is 27.7 Å². The largest absolute Gasteiger partial charge is 0.497 e. The summed E-state index contributed by atoms with van der Waals surface area (Å²) in [6, 6.07) is 40.9. The lowest BCUT2D eigenvalue weighted by Gasteiger charge is -2.32. The van der Waals surface area contributed by atoms with Crippen molar-refractivity contribution in [3.63, 3.8) is 0 Å². The number of aromatic amines is 1. The highest BCUT2D eigenvalue weighted by Gasteiger charge is 2.52. The van der Waals surface area contributed by atoms with Crippen LogP contribution < -0.4 is 5.46 Å². The van der Waals surface area contributed by atoms with E-state index < -0.39 is 18.3 Å². The summed E-state index contributed by atoms with van der Waals surface area (Å²) in [5, 5.41) is 2.35. The number of nitrogens with one attached hydrogen (secondary N) is 1. The minimum absolute atomic E-state index is 0.415. The van der Waals surface area contributed by atoms with Crippen LogP contribution in [-0.4, -0.2) is 23.3 Å². The Kier molecular flexibility index (Phi) is 5.74. The van der Waals surface area contributed by atoms with Gasteiger partial charge in [-0.25, -0.2) is 0 Å². The molecule has 0 saturated carbocycles. The third-order valence-electron chi connectivity index (χ3n) is 8.68. The zero-order valence-corrected chi connectivity index (χ0v) is 23.4. The van der Waals surface area contributed by atoms with Gasteiger partial charge in [0.2, 0.25) is 0 Å². The minimum Gasteiger partial charge on any atom is -0.399 e. The lowest BCUT2D eigenvalue weighted by molar-refractivity contribution is 0.00578. The Morgan fingerprint density at radius 2 is 1.05 bits per heavy atom. The first kappa shape index (κ1) is 24.9. The molecule has 0 aliphatic carbocycles. The molecule has 1 aliphatic heterocycles. The second kappa shape index (κ2) is 9.23. The lowest BCUT2D eigenvalue weighted by Crippen LogP contribution is -2.41. The number of rotatable bonds is 4. The molecule has 0 amide bonds. The maximum atomic E-state index is 6.51. The quantitative estimate of drug-likeness (QED) is 0.236. The molecule has 0 bridgehead atoms. The first-order valence-electron chi connectivity index (χ1n) is 14.0. The monoisotopic (exact) mass is 521 g/mol. The zero-order valence-electron chi connectivity index (χ0n) is 23.4. The molecule has 1 aliphatic rings. The standard InChI is InChI=1S/C36H32BNO2/c1-35(2)36(3,4)40-37(39-35)30-22-14-21-27-29-23-28(24-15-8-5-9-16-24)31(25-17-10-6-11-18-25)32(34(29)38-33(27)30)26-19-12-7-13-20-26/h5-23,38H,1-4H3. The van der Waals surface area contributed by atoms with Crippen molar-refractivity contribution < 1.29 is 9.31 Å². The Balaban J connectivity index is 1.59. The molecule has 40 heavy (non-hydrogen) atoms. The molecule has 0 radical (unpaired) electrons. The van der Waals surface area contributed by atoms with Gasteiger partial charge < -0.3 is 14.3 Å². The van der Waals surface area contributed by atoms with E-state index in [2.05, 4.69) is 148 Å². The van der Waals surface area contributed by atoms with Crippen molar-refractivity contribution in [2.24, 2.45) is 0 Å². The van der Waals surface area contributed by atoms with Gasteiger partial charge >= 0.3 is 7.12 Å². The highest BCUT2D eigenvalue weighted by atomic mass is 16.7. The Bertz CT molecular complexity index is 1820. The summed E-state index contributed by atoms with van der Waals surface area (Å²) >= 11 is 0. The number of hydrogen-bond acceptors (Lipinski definition) is 2. The van der Waals surface area contributed by atoms with E-state index in [-0.39, 0.29) is 0 Å². The van der Waals surface area contributed by atoms with Gasteiger partial charge in [-0.15, -0.1) is 0 Å². The molecule has 0 spiro atoms. The molecule has 7 rings (SSSR count). The van der Waals surface area contributed by atoms with Gasteiger partial charge in [0.15, 0.2) is 0 Å². The van der Waals surface area contributed by atoms with Crippen molar-refractivity contribution in [1.82, 2.24) is 4.98 Å². The Morgan fingerprint density at radius 3 is 1.62 bits per heavy atom. The minimum atomic E-state index is -0.455. The van der Waals surface area contributed by atoms with Crippen molar-refractivity contribution in [1.29, 1.82) is 0 Å². The van der Waals surface area contributed by atoms with Crippen molar-refractivity contribution in [3.05, 3.63) is 115 Å². The van der Waals surface area contributed by atoms with E-state index in [1.54, 1.807) is 0 Å². The van der Waals surface area contributed by atoms with Gasteiger partial charge in [0.05, 0.1) is 16.7 Å². The van der Waals surface area contributed by atoms with Gasteiger partial charge in [-0.2, -0.15) is 0 Å². The normalized spacial score (nSPS) is 16.1. The SMILES string of the molecule is CC1(C)OB(c2cccc3c2[nH]c2c(-c4ccccc4)c(-c4ccccc4)c(-c4ccccc4)cc23)OC1(C)C. The average Bonchev–Trinajstić information content (AvgIpc) is 3.45. The van der Waals surface area contributed by atoms with Crippen LogP contribution in [0.4, 0.5) is 0 Å². The second-order valence-electron chi connectivity index (χ2n) is 11.7. The summed E-state index contributed by atoms with van der Waals surface area (Å²) in [7, 11) is -0.455. The highest BCUT2D eigenvalue weighted by molar-refractivity contribution is 6.65. The first-order valence-corrected chi connectivity index (χ1v) is 14.0. The Hall–Kier alpha value is -4.12. The molecular formula is C36H32BNO2. The molecule has 1 N–H and O–H groups in total. The Labute approximate surface area is 235 Å². The fourth-order valence-electron chi connectivity index (χ4n) is 5.89. The molecule has 1 fully saturated rings. The van der Waals surface area contributed by atoms with E-state index in [9.17, 15) is 0 Å². The second-order valence-corrected chi connectivity index (χ2v) is 11.7. The summed E-state index contributed by atoms with van der Waals surface area (Å²) in [6.07, 6.45) is 0. The molecule has 3 nitrogen and oxygen atoms in total. The Morgan fingerprint density at radius 1 is 0.525 bits per heavy atom. The molecule has 2 heterocycles. The fraction of sp³-hybridized carbons (Fsp3) is 0.167. The van der Waals surface area contributed by atoms with Crippen LogP contribution >= 0.6 is 0 Å². The molecule has 6 aromatic rings. The van der Waals surface area contributed by atoms with Crippen LogP contribution in [0.15, 0.2) is 115 Å². The number of H-pyrrole nitrogens is 1. The predicted octanol–water partition coefficient (Wildman–Crippen LogP) is 8.62. The van der Waals surface area contributed by atoms with Crippen molar-refractivity contribution in [3.8, 4) is 33.4 Å². The summed E-state index contributed by atoms with van der Waals surface area (Å²) in [4.78, 5) is 3.87. The predicted molar refractivity (Wildman–Crippen MR) is 168 cm³/mol. The molecule has 1 aromatic heterocycles. The van der Waals surface area contributed by atoms with Crippen LogP contribution in [0.2, 0.25) is 0 Å². The number of para-hydroxylation sites is 1. The van der Waals surface area contributed by atoms with Crippen LogP contribution in [0.25, 0.3) is 55.2 Å². The van der Waals surface area contributed by atoms with E-state index in [0.717, 1.165) is 21.9 Å². The van der Waals surface area contributed by atoms with E-state index in [1.165, 1.54) is 38.8 Å². The third-order valence-corrected chi connectivity index (χ3v) is 8.68. The number of aromatic nitrogens is 1. The summed E-state index contributed by atoms with van der Waals surface area (Å²) < 4.78 is 13.0. The summed E-state index contributed by atoms with van der Waals surface area (Å²) in [5.74, 6) is 0. The molecular weight excluding hydrogens is 489 g/mol. The highest BCUT2D eigenvalue weighted by Crippen LogP contribution is 2.46.